The number of fused-ring (bicyclic) bond motifs is 2. The van der Waals surface area contributed by atoms with Crippen LogP contribution in [0.4, 0.5) is 11.4 Å². The number of benzene rings is 2. The maximum absolute atomic E-state index is 13.1. The first-order chi connectivity index (χ1) is 15.0. The monoisotopic (exact) mass is 438 g/mol. The molecule has 3 aromatic rings. The number of anilines is 2. The lowest BCUT2D eigenvalue weighted by Gasteiger charge is -2.29. The SMILES string of the molecule is COC[C@@H](C)n1c(SCC(=O)N2CC(=O)Nc3ccccc32)nc2ccccc2c1=O. The van der Waals surface area contributed by atoms with E-state index in [1.807, 2.05) is 19.1 Å². The summed E-state index contributed by atoms with van der Waals surface area (Å²) in [7, 11) is 1.57. The molecule has 1 aromatic heterocycles. The average Bonchev–Trinajstić information content (AvgIpc) is 2.77. The zero-order valence-corrected chi connectivity index (χ0v) is 18.0. The smallest absolute Gasteiger partial charge is 0.262 e. The molecule has 2 aromatic carbocycles. The molecule has 1 atom stereocenters. The van der Waals surface area contributed by atoms with Crippen LogP contribution in [0, 0.1) is 0 Å². The zero-order valence-electron chi connectivity index (χ0n) is 17.2. The minimum absolute atomic E-state index is 0.0338. The summed E-state index contributed by atoms with van der Waals surface area (Å²) in [6, 6.07) is 14.1. The van der Waals surface area contributed by atoms with E-state index in [9.17, 15) is 14.4 Å². The van der Waals surface area contributed by atoms with E-state index in [2.05, 4.69) is 10.3 Å². The number of hydrogen-bond donors (Lipinski definition) is 1. The van der Waals surface area contributed by atoms with Crippen LogP contribution < -0.4 is 15.8 Å². The third-order valence-electron chi connectivity index (χ3n) is 5.02. The molecule has 2 amide bonds. The van der Waals surface area contributed by atoms with Crippen LogP contribution in [0.2, 0.25) is 0 Å². The topological polar surface area (TPSA) is 93.5 Å². The van der Waals surface area contributed by atoms with Crippen LogP contribution in [0.15, 0.2) is 58.5 Å². The van der Waals surface area contributed by atoms with E-state index in [4.69, 9.17) is 4.74 Å². The van der Waals surface area contributed by atoms with Gasteiger partial charge in [0.15, 0.2) is 5.16 Å². The first-order valence-electron chi connectivity index (χ1n) is 9.82. The van der Waals surface area contributed by atoms with Gasteiger partial charge in [0, 0.05) is 7.11 Å². The summed E-state index contributed by atoms with van der Waals surface area (Å²) in [5.74, 6) is -0.446. The maximum atomic E-state index is 13.1. The summed E-state index contributed by atoms with van der Waals surface area (Å²) in [5, 5.41) is 3.73. The molecule has 8 nitrogen and oxygen atoms in total. The molecule has 1 N–H and O–H groups in total. The van der Waals surface area contributed by atoms with Gasteiger partial charge < -0.3 is 15.0 Å². The van der Waals surface area contributed by atoms with Crippen molar-refractivity contribution in [2.75, 3.05) is 36.2 Å². The van der Waals surface area contributed by atoms with Crippen LogP contribution in [-0.2, 0) is 14.3 Å². The molecule has 1 aliphatic heterocycles. The Labute approximate surface area is 183 Å². The van der Waals surface area contributed by atoms with Gasteiger partial charge in [-0.15, -0.1) is 0 Å². The van der Waals surface area contributed by atoms with Crippen molar-refractivity contribution in [2.24, 2.45) is 0 Å². The van der Waals surface area contributed by atoms with Crippen molar-refractivity contribution >= 4 is 45.9 Å². The quantitative estimate of drug-likeness (QED) is 0.470. The fourth-order valence-corrected chi connectivity index (χ4v) is 4.56. The van der Waals surface area contributed by atoms with Gasteiger partial charge in [0.1, 0.15) is 6.54 Å². The van der Waals surface area contributed by atoms with E-state index >= 15 is 0 Å². The Balaban J connectivity index is 1.64. The molecule has 0 fully saturated rings. The fourth-order valence-electron chi connectivity index (χ4n) is 3.59. The normalized spacial score (nSPS) is 14.3. The lowest BCUT2D eigenvalue weighted by atomic mass is 10.2. The van der Waals surface area contributed by atoms with Crippen molar-refractivity contribution in [3.8, 4) is 0 Å². The number of ether oxygens (including phenoxy) is 1. The molecular weight excluding hydrogens is 416 g/mol. The number of rotatable bonds is 6. The second-order valence-corrected chi connectivity index (χ2v) is 8.17. The molecule has 0 radical (unpaired) electrons. The summed E-state index contributed by atoms with van der Waals surface area (Å²) in [5.41, 5.74) is 1.66. The Morgan fingerprint density at radius 3 is 2.74 bits per heavy atom. The van der Waals surface area contributed by atoms with Gasteiger partial charge in [0.2, 0.25) is 11.8 Å². The van der Waals surface area contributed by atoms with Gasteiger partial charge in [-0.05, 0) is 31.2 Å². The number of amides is 2. The van der Waals surface area contributed by atoms with Crippen LogP contribution in [0.3, 0.4) is 0 Å². The van der Waals surface area contributed by atoms with Crippen LogP contribution in [0.25, 0.3) is 10.9 Å². The molecule has 0 saturated heterocycles. The van der Waals surface area contributed by atoms with Crippen molar-refractivity contribution in [1.29, 1.82) is 0 Å². The average molecular weight is 439 g/mol. The van der Waals surface area contributed by atoms with Gasteiger partial charge in [-0.1, -0.05) is 36.0 Å². The standard InChI is InChI=1S/C22H22N4O4S/c1-14(12-30-2)26-21(29)15-7-3-4-8-16(15)24-22(26)31-13-20(28)25-11-19(27)23-17-9-5-6-10-18(17)25/h3-10,14H,11-13H2,1-2H3,(H,23,27)/t14-/m1/s1. The second kappa shape index (κ2) is 8.91. The molecule has 31 heavy (non-hydrogen) atoms. The molecule has 4 rings (SSSR count). The highest BCUT2D eigenvalue weighted by Crippen LogP contribution is 2.30. The van der Waals surface area contributed by atoms with Gasteiger partial charge in [0.05, 0.1) is 40.7 Å². The van der Waals surface area contributed by atoms with Crippen molar-refractivity contribution in [2.45, 2.75) is 18.1 Å². The van der Waals surface area contributed by atoms with Crippen molar-refractivity contribution < 1.29 is 14.3 Å². The molecular formula is C22H22N4O4S. The van der Waals surface area contributed by atoms with Crippen molar-refractivity contribution in [1.82, 2.24) is 9.55 Å². The number of hydrogen-bond acceptors (Lipinski definition) is 6. The number of methoxy groups -OCH3 is 1. The number of nitrogens with one attached hydrogen (secondary N) is 1. The molecule has 0 aliphatic carbocycles. The fraction of sp³-hybridized carbons (Fsp3) is 0.273. The van der Waals surface area contributed by atoms with Gasteiger partial charge >= 0.3 is 0 Å². The second-order valence-electron chi connectivity index (χ2n) is 7.22. The summed E-state index contributed by atoms with van der Waals surface area (Å²) in [6.45, 7) is 2.16. The summed E-state index contributed by atoms with van der Waals surface area (Å²) < 4.78 is 6.81. The van der Waals surface area contributed by atoms with Crippen LogP contribution in [0.1, 0.15) is 13.0 Å². The zero-order chi connectivity index (χ0) is 22.0. The number of carbonyl (C=O) groups is 2. The molecule has 160 valence electrons. The first-order valence-corrected chi connectivity index (χ1v) is 10.8. The minimum Gasteiger partial charge on any atom is -0.383 e. The Morgan fingerprint density at radius 1 is 1.19 bits per heavy atom. The largest absolute Gasteiger partial charge is 0.383 e. The highest BCUT2D eigenvalue weighted by atomic mass is 32.2. The van der Waals surface area contributed by atoms with Crippen molar-refractivity contribution in [3.63, 3.8) is 0 Å². The number of carbonyl (C=O) groups excluding carboxylic acids is 2. The Bertz CT molecular complexity index is 1210. The van der Waals surface area contributed by atoms with Crippen LogP contribution in [0.5, 0.6) is 0 Å². The minimum atomic E-state index is -0.256. The van der Waals surface area contributed by atoms with E-state index in [1.54, 1.807) is 48.1 Å². The van der Waals surface area contributed by atoms with Crippen molar-refractivity contribution in [3.05, 3.63) is 58.9 Å². The molecule has 2 heterocycles. The molecule has 1 aliphatic rings. The molecule has 9 heteroatoms. The predicted molar refractivity (Wildman–Crippen MR) is 121 cm³/mol. The van der Waals surface area contributed by atoms with E-state index in [0.717, 1.165) is 0 Å². The van der Waals surface area contributed by atoms with Gasteiger partial charge in [-0.25, -0.2) is 4.98 Å². The summed E-state index contributed by atoms with van der Waals surface area (Å²) in [4.78, 5) is 44.3. The Hall–Kier alpha value is -3.17. The highest BCUT2D eigenvalue weighted by Gasteiger charge is 2.27. The third-order valence-corrected chi connectivity index (χ3v) is 5.96. The van der Waals surface area contributed by atoms with Gasteiger partial charge in [-0.3, -0.25) is 19.0 Å². The van der Waals surface area contributed by atoms with E-state index in [1.165, 1.54) is 16.7 Å². The molecule has 0 bridgehead atoms. The molecule has 0 saturated carbocycles. The third kappa shape index (κ3) is 4.19. The Morgan fingerprint density at radius 2 is 1.94 bits per heavy atom. The van der Waals surface area contributed by atoms with Crippen LogP contribution in [-0.4, -0.2) is 47.4 Å². The highest BCUT2D eigenvalue weighted by molar-refractivity contribution is 7.99. The number of thioether (sulfide) groups is 1. The van der Waals surface area contributed by atoms with Crippen LogP contribution >= 0.6 is 11.8 Å². The van der Waals surface area contributed by atoms with Gasteiger partial charge in [-0.2, -0.15) is 0 Å². The molecule has 0 unspecified atom stereocenters. The van der Waals surface area contributed by atoms with E-state index in [0.29, 0.717) is 34.0 Å². The van der Waals surface area contributed by atoms with E-state index in [-0.39, 0.29) is 35.7 Å². The lowest BCUT2D eigenvalue weighted by molar-refractivity contribution is -0.120. The Kier molecular flexibility index (Phi) is 6.06. The predicted octanol–water partition coefficient (Wildman–Crippen LogP) is 2.68. The summed E-state index contributed by atoms with van der Waals surface area (Å²) in [6.07, 6.45) is 0. The molecule has 0 spiro atoms. The van der Waals surface area contributed by atoms with Gasteiger partial charge in [0.25, 0.3) is 5.56 Å². The number of nitrogens with zero attached hydrogens (tertiary/aromatic N) is 3. The van der Waals surface area contributed by atoms with E-state index < -0.39 is 0 Å². The number of aromatic nitrogens is 2. The number of para-hydroxylation sites is 3. The lowest BCUT2D eigenvalue weighted by Crippen LogP contribution is -2.43. The maximum Gasteiger partial charge on any atom is 0.262 e. The first kappa shape index (κ1) is 21.1. The summed E-state index contributed by atoms with van der Waals surface area (Å²) >= 11 is 1.18.